The van der Waals surface area contributed by atoms with Crippen LogP contribution in [0.25, 0.3) is 0 Å². The van der Waals surface area contributed by atoms with Gasteiger partial charge in [-0.25, -0.2) is 9.78 Å². The minimum Gasteiger partial charge on any atom is -0.339 e. The number of aryl methyl sites for hydroxylation is 2. The summed E-state index contributed by atoms with van der Waals surface area (Å²) in [6, 6.07) is 8.42. The molecule has 1 aliphatic heterocycles. The molecule has 0 aliphatic carbocycles. The van der Waals surface area contributed by atoms with Crippen molar-refractivity contribution in [3.8, 4) is 0 Å². The Labute approximate surface area is 174 Å². The quantitative estimate of drug-likeness (QED) is 0.735. The van der Waals surface area contributed by atoms with Gasteiger partial charge < -0.3 is 10.2 Å². The number of benzene rings is 1. The Balaban J connectivity index is 1.45. The van der Waals surface area contributed by atoms with E-state index in [1.165, 1.54) is 18.0 Å². The van der Waals surface area contributed by atoms with Gasteiger partial charge in [0.1, 0.15) is 0 Å². The van der Waals surface area contributed by atoms with Gasteiger partial charge in [-0.1, -0.05) is 17.8 Å². The number of rotatable bonds is 5. The summed E-state index contributed by atoms with van der Waals surface area (Å²) in [5.41, 5.74) is 3.37. The van der Waals surface area contributed by atoms with Crippen LogP contribution in [0.1, 0.15) is 34.3 Å². The van der Waals surface area contributed by atoms with Gasteiger partial charge in [-0.05, 0) is 62.1 Å². The number of likely N-dealkylation sites (tertiary alicyclic amines) is 1. The van der Waals surface area contributed by atoms with Crippen molar-refractivity contribution < 1.29 is 14.4 Å². The topological polar surface area (TPSA) is 91.4 Å². The lowest BCUT2D eigenvalue weighted by Crippen LogP contribution is -2.35. The first-order valence-electron chi connectivity index (χ1n) is 9.48. The van der Waals surface area contributed by atoms with E-state index >= 15 is 0 Å². The Morgan fingerprint density at radius 3 is 2.48 bits per heavy atom. The number of carbonyl (C=O) groups is 3. The molecule has 2 heterocycles. The van der Waals surface area contributed by atoms with Crippen LogP contribution in [-0.2, 0) is 4.79 Å². The van der Waals surface area contributed by atoms with Crippen molar-refractivity contribution >= 4 is 35.3 Å². The maximum absolute atomic E-state index is 12.3. The van der Waals surface area contributed by atoms with Gasteiger partial charge in [0.25, 0.3) is 5.91 Å². The van der Waals surface area contributed by atoms with E-state index in [-0.39, 0.29) is 11.7 Å². The second-order valence-electron chi connectivity index (χ2n) is 6.97. The number of pyridine rings is 1. The van der Waals surface area contributed by atoms with Crippen LogP contribution in [0, 0.1) is 13.8 Å². The van der Waals surface area contributed by atoms with Crippen molar-refractivity contribution in [2.24, 2.45) is 0 Å². The molecule has 152 valence electrons. The summed E-state index contributed by atoms with van der Waals surface area (Å²) in [6.07, 6.45) is 3.62. The van der Waals surface area contributed by atoms with E-state index in [1.54, 1.807) is 18.2 Å². The molecule has 0 bridgehead atoms. The summed E-state index contributed by atoms with van der Waals surface area (Å²) < 4.78 is 0. The van der Waals surface area contributed by atoms with Gasteiger partial charge >= 0.3 is 6.03 Å². The van der Waals surface area contributed by atoms with Gasteiger partial charge in [-0.2, -0.15) is 0 Å². The van der Waals surface area contributed by atoms with Crippen molar-refractivity contribution in [2.45, 2.75) is 31.7 Å². The number of thioether (sulfide) groups is 1. The van der Waals surface area contributed by atoms with Crippen LogP contribution in [0.2, 0.25) is 0 Å². The second kappa shape index (κ2) is 9.56. The molecule has 0 unspecified atom stereocenters. The van der Waals surface area contributed by atoms with Gasteiger partial charge in [0.2, 0.25) is 5.91 Å². The number of hydrogen-bond acceptors (Lipinski definition) is 5. The molecule has 0 atom stereocenters. The zero-order chi connectivity index (χ0) is 20.8. The molecule has 2 N–H and O–H groups in total. The van der Waals surface area contributed by atoms with Crippen molar-refractivity contribution in [3.63, 3.8) is 0 Å². The zero-order valence-electron chi connectivity index (χ0n) is 16.5. The van der Waals surface area contributed by atoms with Crippen molar-refractivity contribution in [2.75, 3.05) is 24.2 Å². The predicted molar refractivity (Wildman–Crippen MR) is 113 cm³/mol. The van der Waals surface area contributed by atoms with Gasteiger partial charge in [0, 0.05) is 25.0 Å². The molecule has 1 saturated heterocycles. The molecular formula is C21H24N4O3S. The molecule has 0 radical (unpaired) electrons. The van der Waals surface area contributed by atoms with Crippen LogP contribution in [-0.4, -0.2) is 46.6 Å². The number of hydrogen-bond donors (Lipinski definition) is 2. The molecule has 7 nitrogen and oxygen atoms in total. The minimum absolute atomic E-state index is 0.00712. The van der Waals surface area contributed by atoms with E-state index in [4.69, 9.17) is 0 Å². The van der Waals surface area contributed by atoms with Gasteiger partial charge in [-0.3, -0.25) is 14.9 Å². The molecule has 4 amide bonds. The van der Waals surface area contributed by atoms with E-state index in [0.29, 0.717) is 16.3 Å². The van der Waals surface area contributed by atoms with E-state index in [2.05, 4.69) is 15.6 Å². The number of carbonyl (C=O) groups excluding carboxylic acids is 3. The molecule has 0 spiro atoms. The SMILES string of the molecule is Cc1ccc(NC(=O)NC(=O)CSc2ccc(C(=O)N3CCCC3)cn2)cc1C. The first-order chi connectivity index (χ1) is 13.9. The average molecular weight is 413 g/mol. The Kier molecular flexibility index (Phi) is 6.87. The lowest BCUT2D eigenvalue weighted by molar-refractivity contribution is -0.117. The molecule has 1 aromatic carbocycles. The third kappa shape index (κ3) is 5.80. The van der Waals surface area contributed by atoms with Gasteiger partial charge in [0.15, 0.2) is 0 Å². The largest absolute Gasteiger partial charge is 0.339 e. The number of nitrogens with one attached hydrogen (secondary N) is 2. The highest BCUT2D eigenvalue weighted by molar-refractivity contribution is 7.99. The number of aromatic nitrogens is 1. The predicted octanol–water partition coefficient (Wildman–Crippen LogP) is 3.37. The molecule has 0 saturated carbocycles. The molecule has 8 heteroatoms. The standard InChI is InChI=1S/C21H24N4O3S/c1-14-5-7-17(11-15(14)2)23-21(28)24-18(26)13-29-19-8-6-16(12-22-19)20(27)25-9-3-4-10-25/h5-8,11-12H,3-4,9-10,13H2,1-2H3,(H2,23,24,26,28). The summed E-state index contributed by atoms with van der Waals surface area (Å²) in [5.74, 6) is -0.380. The number of nitrogens with zero attached hydrogens (tertiary/aromatic N) is 2. The zero-order valence-corrected chi connectivity index (χ0v) is 17.3. The minimum atomic E-state index is -0.571. The summed E-state index contributed by atoms with van der Waals surface area (Å²) >= 11 is 1.21. The highest BCUT2D eigenvalue weighted by atomic mass is 32.2. The monoisotopic (exact) mass is 412 g/mol. The maximum Gasteiger partial charge on any atom is 0.325 e. The fourth-order valence-corrected chi connectivity index (χ4v) is 3.62. The van der Waals surface area contributed by atoms with E-state index < -0.39 is 11.9 Å². The molecular weight excluding hydrogens is 388 g/mol. The first-order valence-corrected chi connectivity index (χ1v) is 10.5. The number of amides is 4. The average Bonchev–Trinajstić information content (AvgIpc) is 3.24. The third-order valence-corrected chi connectivity index (χ3v) is 5.69. The number of imide groups is 1. The summed E-state index contributed by atoms with van der Waals surface area (Å²) in [4.78, 5) is 42.3. The van der Waals surface area contributed by atoms with Crippen LogP contribution in [0.4, 0.5) is 10.5 Å². The smallest absolute Gasteiger partial charge is 0.325 e. The lowest BCUT2D eigenvalue weighted by Gasteiger charge is -2.14. The van der Waals surface area contributed by atoms with Crippen LogP contribution in [0.5, 0.6) is 0 Å². The summed E-state index contributed by atoms with van der Waals surface area (Å²) in [7, 11) is 0. The van der Waals surface area contributed by atoms with E-state index in [0.717, 1.165) is 37.1 Å². The fourth-order valence-electron chi connectivity index (χ4n) is 2.98. The normalized spacial score (nSPS) is 13.2. The molecule has 3 rings (SSSR count). The summed E-state index contributed by atoms with van der Waals surface area (Å²) in [5, 5.41) is 5.57. The Hall–Kier alpha value is -2.87. The van der Waals surface area contributed by atoms with Crippen molar-refractivity contribution in [1.82, 2.24) is 15.2 Å². The molecule has 29 heavy (non-hydrogen) atoms. The van der Waals surface area contributed by atoms with Crippen molar-refractivity contribution in [3.05, 3.63) is 53.2 Å². The molecule has 1 aromatic heterocycles. The highest BCUT2D eigenvalue weighted by Crippen LogP contribution is 2.18. The summed E-state index contributed by atoms with van der Waals surface area (Å²) in [6.45, 7) is 5.53. The second-order valence-corrected chi connectivity index (χ2v) is 7.97. The Morgan fingerprint density at radius 2 is 1.83 bits per heavy atom. The lowest BCUT2D eigenvalue weighted by atomic mass is 10.1. The van der Waals surface area contributed by atoms with Crippen LogP contribution in [0.3, 0.4) is 0 Å². The van der Waals surface area contributed by atoms with Crippen LogP contribution >= 0.6 is 11.8 Å². The van der Waals surface area contributed by atoms with Crippen LogP contribution in [0.15, 0.2) is 41.6 Å². The highest BCUT2D eigenvalue weighted by Gasteiger charge is 2.19. The molecule has 1 aliphatic rings. The number of urea groups is 1. The van der Waals surface area contributed by atoms with Crippen molar-refractivity contribution in [1.29, 1.82) is 0 Å². The fraction of sp³-hybridized carbons (Fsp3) is 0.333. The molecule has 1 fully saturated rings. The first kappa shape index (κ1) is 20.9. The Morgan fingerprint density at radius 1 is 1.07 bits per heavy atom. The van der Waals surface area contributed by atoms with E-state index in [1.807, 2.05) is 30.9 Å². The number of anilines is 1. The third-order valence-electron chi connectivity index (χ3n) is 4.75. The molecule has 2 aromatic rings. The maximum atomic E-state index is 12.3. The van der Waals surface area contributed by atoms with Crippen LogP contribution < -0.4 is 10.6 Å². The Bertz CT molecular complexity index is 909. The van der Waals surface area contributed by atoms with Gasteiger partial charge in [-0.15, -0.1) is 0 Å². The van der Waals surface area contributed by atoms with E-state index in [9.17, 15) is 14.4 Å². The van der Waals surface area contributed by atoms with Gasteiger partial charge in [0.05, 0.1) is 16.3 Å².